The predicted molar refractivity (Wildman–Crippen MR) is 84.5 cm³/mol. The van der Waals surface area contributed by atoms with E-state index in [4.69, 9.17) is 0 Å². The van der Waals surface area contributed by atoms with Crippen LogP contribution in [-0.4, -0.2) is 13.3 Å². The third-order valence-corrected chi connectivity index (χ3v) is 3.57. The van der Waals surface area contributed by atoms with E-state index in [-0.39, 0.29) is 5.41 Å². The van der Waals surface area contributed by atoms with Crippen LogP contribution in [0.1, 0.15) is 66.2 Å². The highest BCUT2D eigenvalue weighted by molar-refractivity contribution is 5.80. The van der Waals surface area contributed by atoms with Crippen molar-refractivity contribution in [2.75, 3.05) is 7.05 Å². The van der Waals surface area contributed by atoms with Crippen molar-refractivity contribution in [1.29, 1.82) is 0 Å². The Morgan fingerprint density at radius 1 is 1.11 bits per heavy atom. The summed E-state index contributed by atoms with van der Waals surface area (Å²) in [6.45, 7) is 8.99. The van der Waals surface area contributed by atoms with Gasteiger partial charge < -0.3 is 0 Å². The second-order valence-corrected chi connectivity index (χ2v) is 5.30. The lowest BCUT2D eigenvalue weighted by atomic mass is 9.74. The molecule has 0 saturated carbocycles. The van der Waals surface area contributed by atoms with Crippen LogP contribution in [0.15, 0.2) is 28.8 Å². The topological polar surface area (TPSA) is 12.4 Å². The molecule has 0 aromatic rings. The van der Waals surface area contributed by atoms with Gasteiger partial charge in [0.2, 0.25) is 0 Å². The Balaban J connectivity index is 4.98. The fourth-order valence-electron chi connectivity index (χ4n) is 2.47. The quantitative estimate of drug-likeness (QED) is 0.287. The number of rotatable bonds is 9. The van der Waals surface area contributed by atoms with E-state index in [1.165, 1.54) is 44.1 Å². The fourth-order valence-corrected chi connectivity index (χ4v) is 2.47. The van der Waals surface area contributed by atoms with Gasteiger partial charge in [-0.15, -0.1) is 0 Å². The monoisotopic (exact) mass is 249 g/mol. The van der Waals surface area contributed by atoms with Crippen molar-refractivity contribution in [3.05, 3.63) is 23.8 Å². The van der Waals surface area contributed by atoms with Crippen LogP contribution in [0.3, 0.4) is 0 Å². The Morgan fingerprint density at radius 3 is 2.33 bits per heavy atom. The molecule has 0 saturated heterocycles. The molecule has 0 heterocycles. The van der Waals surface area contributed by atoms with Crippen LogP contribution in [0, 0.1) is 5.41 Å². The van der Waals surface area contributed by atoms with Gasteiger partial charge in [0, 0.05) is 13.3 Å². The van der Waals surface area contributed by atoms with Gasteiger partial charge in [-0.3, -0.25) is 4.99 Å². The molecule has 1 atom stereocenters. The van der Waals surface area contributed by atoms with Crippen LogP contribution in [0.4, 0.5) is 0 Å². The van der Waals surface area contributed by atoms with Gasteiger partial charge in [-0.2, -0.15) is 0 Å². The molecule has 1 heteroatoms. The van der Waals surface area contributed by atoms with E-state index in [1.54, 1.807) is 0 Å². The van der Waals surface area contributed by atoms with Crippen LogP contribution in [0.25, 0.3) is 0 Å². The second kappa shape index (κ2) is 10.1. The summed E-state index contributed by atoms with van der Waals surface area (Å²) in [5.74, 6) is 0. The summed E-state index contributed by atoms with van der Waals surface area (Å²) < 4.78 is 0. The number of hydrogen-bond donors (Lipinski definition) is 0. The van der Waals surface area contributed by atoms with E-state index in [9.17, 15) is 0 Å². The molecule has 0 fully saturated rings. The zero-order valence-corrected chi connectivity index (χ0v) is 13.0. The molecule has 0 amide bonds. The summed E-state index contributed by atoms with van der Waals surface area (Å²) in [4.78, 5) is 4.24. The summed E-state index contributed by atoms with van der Waals surface area (Å²) >= 11 is 0. The maximum Gasteiger partial charge on any atom is 0.0277 e. The molecule has 0 spiro atoms. The standard InChI is InChI=1S/C17H31N/c1-6-9-11-14-17(4,13-8-3)16(15-18-5)12-10-7-2/h7,10,12,15H,6,8-9,11,13-14H2,1-5H3/b10-7-,16-12+,18-15-. The van der Waals surface area contributed by atoms with Gasteiger partial charge in [0.1, 0.15) is 0 Å². The summed E-state index contributed by atoms with van der Waals surface area (Å²) in [6.07, 6.45) is 16.2. The Labute approximate surface area is 114 Å². The van der Waals surface area contributed by atoms with Crippen molar-refractivity contribution in [1.82, 2.24) is 0 Å². The van der Waals surface area contributed by atoms with Crippen LogP contribution < -0.4 is 0 Å². The highest BCUT2D eigenvalue weighted by atomic mass is 14.6. The summed E-state index contributed by atoms with van der Waals surface area (Å²) in [6, 6.07) is 0. The average molecular weight is 249 g/mol. The zero-order valence-electron chi connectivity index (χ0n) is 13.0. The van der Waals surface area contributed by atoms with Gasteiger partial charge in [0.25, 0.3) is 0 Å². The predicted octanol–water partition coefficient (Wildman–Crippen LogP) is 5.58. The molecule has 0 aromatic heterocycles. The molecule has 18 heavy (non-hydrogen) atoms. The van der Waals surface area contributed by atoms with Gasteiger partial charge in [-0.05, 0) is 30.8 Å². The third kappa shape index (κ3) is 6.18. The van der Waals surface area contributed by atoms with Crippen LogP contribution in [0.2, 0.25) is 0 Å². The normalized spacial score (nSPS) is 16.6. The number of nitrogens with zero attached hydrogens (tertiary/aromatic N) is 1. The average Bonchev–Trinajstić information content (AvgIpc) is 2.35. The molecule has 1 unspecified atom stereocenters. The lowest BCUT2D eigenvalue weighted by Crippen LogP contribution is -2.20. The number of unbranched alkanes of at least 4 members (excludes halogenated alkanes) is 2. The summed E-state index contributed by atoms with van der Waals surface area (Å²) in [5, 5.41) is 0. The van der Waals surface area contributed by atoms with Crippen LogP contribution >= 0.6 is 0 Å². The van der Waals surface area contributed by atoms with Crippen molar-refractivity contribution in [2.24, 2.45) is 10.4 Å². The smallest absolute Gasteiger partial charge is 0.0277 e. The number of allylic oxidation sites excluding steroid dienone is 4. The van der Waals surface area contributed by atoms with Gasteiger partial charge in [-0.25, -0.2) is 0 Å². The van der Waals surface area contributed by atoms with E-state index in [0.29, 0.717) is 0 Å². The number of hydrogen-bond acceptors (Lipinski definition) is 1. The first-order valence-corrected chi connectivity index (χ1v) is 7.40. The first kappa shape index (κ1) is 17.2. The lowest BCUT2D eigenvalue weighted by molar-refractivity contribution is 0.331. The molecule has 0 aliphatic carbocycles. The zero-order chi connectivity index (χ0) is 13.9. The molecule has 1 nitrogen and oxygen atoms in total. The highest BCUT2D eigenvalue weighted by Crippen LogP contribution is 2.37. The van der Waals surface area contributed by atoms with Crippen molar-refractivity contribution < 1.29 is 0 Å². The van der Waals surface area contributed by atoms with E-state index in [0.717, 1.165) is 0 Å². The summed E-state index contributed by atoms with van der Waals surface area (Å²) in [7, 11) is 1.86. The summed E-state index contributed by atoms with van der Waals surface area (Å²) in [5.41, 5.74) is 1.66. The SMILES string of the molecule is C\C=C/C=C(\C=N/C)C(C)(CCC)CCCCC. The van der Waals surface area contributed by atoms with Crippen LogP contribution in [-0.2, 0) is 0 Å². The number of aliphatic imine (C=N–C) groups is 1. The van der Waals surface area contributed by atoms with Gasteiger partial charge in [0.05, 0.1) is 0 Å². The largest absolute Gasteiger partial charge is 0.296 e. The van der Waals surface area contributed by atoms with E-state index < -0.39 is 0 Å². The molecule has 0 N–H and O–H groups in total. The van der Waals surface area contributed by atoms with E-state index >= 15 is 0 Å². The first-order valence-electron chi connectivity index (χ1n) is 7.40. The minimum atomic E-state index is 0.281. The van der Waals surface area contributed by atoms with E-state index in [2.05, 4.69) is 50.9 Å². The molecule has 0 aliphatic rings. The Hall–Kier alpha value is -0.850. The first-order chi connectivity index (χ1) is 8.64. The van der Waals surface area contributed by atoms with Crippen molar-refractivity contribution in [2.45, 2.75) is 66.2 Å². The highest BCUT2D eigenvalue weighted by Gasteiger charge is 2.26. The minimum absolute atomic E-state index is 0.281. The van der Waals surface area contributed by atoms with Gasteiger partial charge >= 0.3 is 0 Å². The maximum absolute atomic E-state index is 4.24. The van der Waals surface area contributed by atoms with E-state index in [1.807, 2.05) is 13.3 Å². The molecular weight excluding hydrogens is 218 g/mol. The Bertz CT molecular complexity index is 286. The molecule has 0 aromatic carbocycles. The Morgan fingerprint density at radius 2 is 1.83 bits per heavy atom. The molecule has 0 bridgehead atoms. The lowest BCUT2D eigenvalue weighted by Gasteiger charge is -2.30. The maximum atomic E-state index is 4.24. The minimum Gasteiger partial charge on any atom is -0.296 e. The molecule has 0 aliphatic heterocycles. The molecule has 104 valence electrons. The molecular formula is C17H31N. The molecule has 0 radical (unpaired) electrons. The fraction of sp³-hybridized carbons (Fsp3) is 0.706. The van der Waals surface area contributed by atoms with Crippen LogP contribution in [0.5, 0.6) is 0 Å². The third-order valence-electron chi connectivity index (χ3n) is 3.57. The van der Waals surface area contributed by atoms with Gasteiger partial charge in [0.15, 0.2) is 0 Å². The van der Waals surface area contributed by atoms with Gasteiger partial charge in [-0.1, -0.05) is 64.7 Å². The molecule has 0 rings (SSSR count). The second-order valence-electron chi connectivity index (χ2n) is 5.30. The van der Waals surface area contributed by atoms with Crippen molar-refractivity contribution >= 4 is 6.21 Å². The Kier molecular flexibility index (Phi) is 9.63. The van der Waals surface area contributed by atoms with Crippen molar-refractivity contribution in [3.8, 4) is 0 Å². The van der Waals surface area contributed by atoms with Crippen molar-refractivity contribution in [3.63, 3.8) is 0 Å².